The van der Waals surface area contributed by atoms with E-state index in [9.17, 15) is 14.4 Å². The number of anilines is 2. The molecule has 6 heteroatoms. The number of carbonyl (C=O) groups is 3. The monoisotopic (exact) mass is 379 g/mol. The van der Waals surface area contributed by atoms with Gasteiger partial charge < -0.3 is 15.5 Å². The van der Waals surface area contributed by atoms with Crippen LogP contribution in [0.15, 0.2) is 48.5 Å². The average Bonchev–Trinajstić information content (AvgIpc) is 3.40. The lowest BCUT2D eigenvalue weighted by Crippen LogP contribution is -2.23. The van der Waals surface area contributed by atoms with Crippen molar-refractivity contribution in [2.75, 3.05) is 24.7 Å². The molecule has 0 aromatic heterocycles. The second-order valence-corrected chi connectivity index (χ2v) is 7.51. The third-order valence-corrected chi connectivity index (χ3v) is 4.90. The summed E-state index contributed by atoms with van der Waals surface area (Å²) in [7, 11) is 3.44. The fourth-order valence-corrected chi connectivity index (χ4v) is 2.90. The Balaban J connectivity index is 1.60. The molecule has 146 valence electrons. The second-order valence-electron chi connectivity index (χ2n) is 7.51. The minimum absolute atomic E-state index is 0.00733. The molecular weight excluding hydrogens is 354 g/mol. The Morgan fingerprint density at radius 3 is 2.29 bits per heavy atom. The van der Waals surface area contributed by atoms with Crippen molar-refractivity contribution >= 4 is 29.1 Å². The van der Waals surface area contributed by atoms with Crippen molar-refractivity contribution in [1.29, 1.82) is 0 Å². The van der Waals surface area contributed by atoms with Crippen LogP contribution in [0.5, 0.6) is 0 Å². The first-order valence-electron chi connectivity index (χ1n) is 9.35. The molecule has 1 saturated carbocycles. The summed E-state index contributed by atoms with van der Waals surface area (Å²) in [5, 5.41) is 5.71. The number of rotatable bonds is 6. The number of carbonyl (C=O) groups excluding carboxylic acids is 3. The van der Waals surface area contributed by atoms with Gasteiger partial charge in [-0.3, -0.25) is 14.4 Å². The molecule has 2 aromatic rings. The first-order chi connectivity index (χ1) is 13.3. The van der Waals surface area contributed by atoms with Gasteiger partial charge in [0, 0.05) is 37.0 Å². The molecule has 28 heavy (non-hydrogen) atoms. The summed E-state index contributed by atoms with van der Waals surface area (Å²) in [4.78, 5) is 37.9. The molecule has 0 heterocycles. The molecule has 6 nitrogen and oxygen atoms in total. The van der Waals surface area contributed by atoms with Crippen LogP contribution in [0.2, 0.25) is 0 Å². The number of nitrogens with one attached hydrogen (secondary N) is 2. The van der Waals surface area contributed by atoms with Gasteiger partial charge in [-0.2, -0.15) is 0 Å². The highest BCUT2D eigenvalue weighted by Crippen LogP contribution is 2.38. The van der Waals surface area contributed by atoms with E-state index >= 15 is 0 Å². The topological polar surface area (TPSA) is 78.5 Å². The molecule has 1 aliphatic rings. The van der Waals surface area contributed by atoms with Crippen LogP contribution in [-0.2, 0) is 16.0 Å². The van der Waals surface area contributed by atoms with Crippen LogP contribution in [0.3, 0.4) is 0 Å². The number of amides is 3. The molecule has 0 bridgehead atoms. The van der Waals surface area contributed by atoms with E-state index in [1.165, 1.54) is 0 Å². The maximum absolute atomic E-state index is 12.5. The molecule has 2 aromatic carbocycles. The molecule has 0 spiro atoms. The van der Waals surface area contributed by atoms with E-state index in [2.05, 4.69) is 17.6 Å². The number of nitrogens with zero attached hydrogens (tertiary/aromatic N) is 1. The summed E-state index contributed by atoms with van der Waals surface area (Å²) in [6.45, 7) is 2.05. The number of hydrogen-bond donors (Lipinski definition) is 2. The fourth-order valence-electron chi connectivity index (χ4n) is 2.90. The summed E-state index contributed by atoms with van der Waals surface area (Å²) in [5.74, 6) is 0.287. The molecule has 3 rings (SSSR count). The van der Waals surface area contributed by atoms with Gasteiger partial charge in [0.1, 0.15) is 0 Å². The predicted octanol–water partition coefficient (Wildman–Crippen LogP) is 3.16. The van der Waals surface area contributed by atoms with Crippen LogP contribution >= 0.6 is 0 Å². The largest absolute Gasteiger partial charge is 0.349 e. The van der Waals surface area contributed by atoms with Crippen molar-refractivity contribution in [3.05, 3.63) is 59.7 Å². The Hall–Kier alpha value is -3.15. The summed E-state index contributed by atoms with van der Waals surface area (Å²) < 4.78 is 0. The van der Waals surface area contributed by atoms with E-state index in [1.807, 2.05) is 12.1 Å². The second kappa shape index (κ2) is 8.25. The minimum Gasteiger partial charge on any atom is -0.349 e. The molecule has 0 radical (unpaired) electrons. The zero-order valence-electron chi connectivity index (χ0n) is 16.4. The Morgan fingerprint density at radius 1 is 1.00 bits per heavy atom. The first-order valence-corrected chi connectivity index (χ1v) is 9.35. The smallest absolute Gasteiger partial charge is 0.255 e. The molecule has 2 N–H and O–H groups in total. The molecule has 2 unspecified atom stereocenters. The fraction of sp³-hybridized carbons (Fsp3) is 0.318. The molecule has 0 saturated heterocycles. The van der Waals surface area contributed by atoms with Gasteiger partial charge in [0.25, 0.3) is 5.91 Å². The van der Waals surface area contributed by atoms with E-state index < -0.39 is 0 Å². The van der Waals surface area contributed by atoms with Crippen molar-refractivity contribution in [1.82, 2.24) is 4.90 Å². The normalized spacial score (nSPS) is 17.5. The quantitative estimate of drug-likeness (QED) is 0.809. The number of hydrogen-bond acceptors (Lipinski definition) is 3. The van der Waals surface area contributed by atoms with Crippen LogP contribution in [0.25, 0.3) is 0 Å². The van der Waals surface area contributed by atoms with E-state index in [4.69, 9.17) is 0 Å². The zero-order chi connectivity index (χ0) is 20.3. The van der Waals surface area contributed by atoms with Gasteiger partial charge in [-0.25, -0.2) is 0 Å². The first kappa shape index (κ1) is 19.6. The predicted molar refractivity (Wildman–Crippen MR) is 109 cm³/mol. The van der Waals surface area contributed by atoms with Crippen molar-refractivity contribution in [3.8, 4) is 0 Å². The maximum Gasteiger partial charge on any atom is 0.255 e. The third kappa shape index (κ3) is 4.97. The van der Waals surface area contributed by atoms with Crippen LogP contribution < -0.4 is 10.6 Å². The highest BCUT2D eigenvalue weighted by atomic mass is 16.2. The van der Waals surface area contributed by atoms with Crippen molar-refractivity contribution in [3.63, 3.8) is 0 Å². The summed E-state index contributed by atoms with van der Waals surface area (Å²) in [6, 6.07) is 14.1. The molecular formula is C22H25N3O3. The van der Waals surface area contributed by atoms with Crippen LogP contribution in [0.1, 0.15) is 29.3 Å². The molecule has 3 amide bonds. The summed E-state index contributed by atoms with van der Waals surface area (Å²) in [5.41, 5.74) is 2.62. The standard InChI is InChI=1S/C22H25N3O3/c1-14-11-19(14)22(28)24-18-6-4-5-16(13-18)21(27)23-17-9-7-15(8-10-17)12-20(26)25(2)3/h4-10,13-14,19H,11-12H2,1-3H3,(H,23,27)(H,24,28). The molecule has 2 atom stereocenters. The lowest BCUT2D eigenvalue weighted by molar-refractivity contribution is -0.128. The van der Waals surface area contributed by atoms with E-state index in [-0.39, 0.29) is 23.6 Å². The Labute approximate surface area is 164 Å². The third-order valence-electron chi connectivity index (χ3n) is 4.90. The lowest BCUT2D eigenvalue weighted by Gasteiger charge is -2.11. The number of likely N-dealkylation sites (N-methyl/N-ethyl adjacent to an activating group) is 1. The highest BCUT2D eigenvalue weighted by molar-refractivity contribution is 6.05. The highest BCUT2D eigenvalue weighted by Gasteiger charge is 2.39. The van der Waals surface area contributed by atoms with Gasteiger partial charge in [0.2, 0.25) is 11.8 Å². The van der Waals surface area contributed by atoms with Gasteiger partial charge in [-0.15, -0.1) is 0 Å². The lowest BCUT2D eigenvalue weighted by atomic mass is 10.1. The van der Waals surface area contributed by atoms with Crippen LogP contribution in [-0.4, -0.2) is 36.7 Å². The van der Waals surface area contributed by atoms with Crippen LogP contribution in [0, 0.1) is 11.8 Å². The summed E-state index contributed by atoms with van der Waals surface area (Å²) >= 11 is 0. The number of benzene rings is 2. The SMILES string of the molecule is CC1CC1C(=O)Nc1cccc(C(=O)Nc2ccc(CC(=O)N(C)C)cc2)c1. The molecule has 0 aliphatic heterocycles. The zero-order valence-corrected chi connectivity index (χ0v) is 16.4. The molecule has 1 aliphatic carbocycles. The van der Waals surface area contributed by atoms with E-state index in [1.54, 1.807) is 55.4 Å². The van der Waals surface area contributed by atoms with Gasteiger partial charge >= 0.3 is 0 Å². The summed E-state index contributed by atoms with van der Waals surface area (Å²) in [6.07, 6.45) is 1.24. The minimum atomic E-state index is -0.256. The van der Waals surface area contributed by atoms with Crippen molar-refractivity contribution < 1.29 is 14.4 Å². The Kier molecular flexibility index (Phi) is 5.78. The van der Waals surface area contributed by atoms with E-state index in [0.717, 1.165) is 12.0 Å². The van der Waals surface area contributed by atoms with Crippen molar-refractivity contribution in [2.24, 2.45) is 11.8 Å². The van der Waals surface area contributed by atoms with Gasteiger partial charge in [0.05, 0.1) is 6.42 Å². The van der Waals surface area contributed by atoms with E-state index in [0.29, 0.717) is 29.3 Å². The maximum atomic E-state index is 12.5. The van der Waals surface area contributed by atoms with Gasteiger partial charge in [-0.05, 0) is 48.2 Å². The van der Waals surface area contributed by atoms with Gasteiger partial charge in [-0.1, -0.05) is 25.1 Å². The average molecular weight is 379 g/mol. The van der Waals surface area contributed by atoms with Crippen molar-refractivity contribution in [2.45, 2.75) is 19.8 Å². The Bertz CT molecular complexity index is 890. The van der Waals surface area contributed by atoms with Crippen LogP contribution in [0.4, 0.5) is 11.4 Å². The molecule has 1 fully saturated rings. The Morgan fingerprint density at radius 2 is 1.68 bits per heavy atom. The van der Waals surface area contributed by atoms with Gasteiger partial charge in [0.15, 0.2) is 0 Å².